The zero-order chi connectivity index (χ0) is 26.3. The van der Waals surface area contributed by atoms with Gasteiger partial charge in [0.05, 0.1) is 28.5 Å². The van der Waals surface area contributed by atoms with Crippen LogP contribution in [0.4, 0.5) is 0 Å². The van der Waals surface area contributed by atoms with E-state index in [1.807, 2.05) is 43.3 Å². The fourth-order valence-electron chi connectivity index (χ4n) is 4.89. The zero-order valence-electron chi connectivity index (χ0n) is 20.8. The molecule has 5 rings (SSSR count). The molecule has 2 aromatic heterocycles. The van der Waals surface area contributed by atoms with Crippen molar-refractivity contribution in [2.45, 2.75) is 33.4 Å². The second-order valence-electron chi connectivity index (χ2n) is 8.77. The number of nitrogens with zero attached hydrogens (tertiary/aromatic N) is 3. The molecular formula is C29H26ClN3O3S. The fourth-order valence-corrected chi connectivity index (χ4v) is 6.04. The minimum Gasteiger partial charge on any atom is -0.463 e. The monoisotopic (exact) mass is 531 g/mol. The molecule has 0 spiro atoms. The first kappa shape index (κ1) is 25.0. The molecule has 0 fully saturated rings. The van der Waals surface area contributed by atoms with Gasteiger partial charge in [0.25, 0.3) is 5.56 Å². The smallest absolute Gasteiger partial charge is 0.338 e. The second kappa shape index (κ2) is 10.00. The van der Waals surface area contributed by atoms with E-state index in [0.29, 0.717) is 32.2 Å². The van der Waals surface area contributed by atoms with E-state index in [0.717, 1.165) is 27.7 Å². The van der Waals surface area contributed by atoms with Crippen molar-refractivity contribution in [2.24, 2.45) is 4.99 Å². The van der Waals surface area contributed by atoms with Gasteiger partial charge in [-0.3, -0.25) is 9.36 Å². The van der Waals surface area contributed by atoms with Crippen molar-refractivity contribution in [1.82, 2.24) is 9.13 Å². The summed E-state index contributed by atoms with van der Waals surface area (Å²) in [6.07, 6.45) is 3.80. The number of benzene rings is 2. The lowest BCUT2D eigenvalue weighted by molar-refractivity contribution is -0.139. The third-order valence-corrected chi connectivity index (χ3v) is 7.80. The van der Waals surface area contributed by atoms with Crippen molar-refractivity contribution in [3.63, 3.8) is 0 Å². The number of hydrogen-bond acceptors (Lipinski definition) is 5. The molecule has 0 saturated carbocycles. The number of ether oxygens (including phenoxy) is 1. The average molecular weight is 532 g/mol. The molecule has 0 N–H and O–H groups in total. The van der Waals surface area contributed by atoms with E-state index in [4.69, 9.17) is 16.3 Å². The lowest BCUT2D eigenvalue weighted by Gasteiger charge is -2.24. The SMILES string of the molecule is C=CCn1c(C)c(/C=c2/sc3n(c2=O)C(c2ccc(Cl)cc2)C(C(=O)OCC)=C(C)N=3)c2ccccc21. The summed E-state index contributed by atoms with van der Waals surface area (Å²) >= 11 is 7.45. The topological polar surface area (TPSA) is 65.6 Å². The first-order valence-electron chi connectivity index (χ1n) is 12.0. The van der Waals surface area contributed by atoms with Gasteiger partial charge in [-0.1, -0.05) is 59.3 Å². The van der Waals surface area contributed by atoms with Gasteiger partial charge in [0.2, 0.25) is 0 Å². The summed E-state index contributed by atoms with van der Waals surface area (Å²) in [4.78, 5) is 32.2. The van der Waals surface area contributed by atoms with Crippen molar-refractivity contribution < 1.29 is 9.53 Å². The van der Waals surface area contributed by atoms with Gasteiger partial charge in [-0.2, -0.15) is 0 Å². The molecule has 1 unspecified atom stereocenters. The number of para-hydroxylation sites is 1. The van der Waals surface area contributed by atoms with Crippen LogP contribution in [0.1, 0.15) is 36.7 Å². The molecule has 3 heterocycles. The molecule has 188 valence electrons. The Morgan fingerprint density at radius 3 is 2.62 bits per heavy atom. The van der Waals surface area contributed by atoms with E-state index in [1.54, 1.807) is 30.5 Å². The standard InChI is InChI=1S/C29H26ClN3O3S/c1-5-15-32-18(4)22(21-9-7-8-10-23(21)32)16-24-27(34)33-26(19-11-13-20(30)14-12-19)25(28(35)36-6-2)17(3)31-29(33)37-24/h5,7-14,16,26H,1,6,15H2,2-4H3/b24-16+. The van der Waals surface area contributed by atoms with Crippen LogP contribution in [0.3, 0.4) is 0 Å². The predicted molar refractivity (Wildman–Crippen MR) is 149 cm³/mol. The second-order valence-corrected chi connectivity index (χ2v) is 10.2. The van der Waals surface area contributed by atoms with Crippen LogP contribution in [-0.4, -0.2) is 21.7 Å². The average Bonchev–Trinajstić information content (AvgIpc) is 3.33. The molecule has 0 bridgehead atoms. The maximum absolute atomic E-state index is 13.9. The van der Waals surface area contributed by atoms with Gasteiger partial charge in [0.1, 0.15) is 0 Å². The Morgan fingerprint density at radius 1 is 1.19 bits per heavy atom. The highest BCUT2D eigenvalue weighted by atomic mass is 35.5. The number of rotatable bonds is 6. The molecule has 4 aromatic rings. The van der Waals surface area contributed by atoms with Gasteiger partial charge in [-0.25, -0.2) is 9.79 Å². The number of fused-ring (bicyclic) bond motifs is 2. The highest BCUT2D eigenvalue weighted by molar-refractivity contribution is 7.07. The molecule has 1 atom stereocenters. The predicted octanol–water partition coefficient (Wildman–Crippen LogP) is 4.90. The highest BCUT2D eigenvalue weighted by Crippen LogP contribution is 2.31. The molecule has 8 heteroatoms. The van der Waals surface area contributed by atoms with E-state index >= 15 is 0 Å². The molecule has 1 aliphatic heterocycles. The van der Waals surface area contributed by atoms with Gasteiger partial charge < -0.3 is 9.30 Å². The van der Waals surface area contributed by atoms with Gasteiger partial charge in [0, 0.05) is 33.7 Å². The molecule has 1 aliphatic rings. The van der Waals surface area contributed by atoms with Crippen molar-refractivity contribution in [1.29, 1.82) is 0 Å². The Bertz CT molecular complexity index is 1760. The van der Waals surface area contributed by atoms with Gasteiger partial charge in [0.15, 0.2) is 4.80 Å². The van der Waals surface area contributed by atoms with Crippen LogP contribution in [0.15, 0.2) is 82.2 Å². The lowest BCUT2D eigenvalue weighted by atomic mass is 9.96. The van der Waals surface area contributed by atoms with E-state index in [9.17, 15) is 9.59 Å². The van der Waals surface area contributed by atoms with Crippen molar-refractivity contribution in [3.8, 4) is 0 Å². The van der Waals surface area contributed by atoms with E-state index in [-0.39, 0.29) is 12.2 Å². The van der Waals surface area contributed by atoms with E-state index < -0.39 is 12.0 Å². The summed E-state index contributed by atoms with van der Waals surface area (Å²) < 4.78 is 9.68. The molecule has 0 amide bonds. The Kier molecular flexibility index (Phi) is 6.75. The van der Waals surface area contributed by atoms with E-state index in [1.165, 1.54) is 11.3 Å². The summed E-state index contributed by atoms with van der Waals surface area (Å²) in [7, 11) is 0. The number of carbonyl (C=O) groups excluding carboxylic acids is 1. The maximum atomic E-state index is 13.9. The number of halogens is 1. The Morgan fingerprint density at radius 2 is 1.92 bits per heavy atom. The summed E-state index contributed by atoms with van der Waals surface area (Å²) in [6, 6.07) is 14.6. The summed E-state index contributed by atoms with van der Waals surface area (Å²) in [5.41, 5.74) is 4.54. The molecular weight excluding hydrogens is 506 g/mol. The van der Waals surface area contributed by atoms with E-state index in [2.05, 4.69) is 28.3 Å². The fraction of sp³-hybridized carbons (Fsp3) is 0.207. The van der Waals surface area contributed by atoms with Crippen LogP contribution in [0.5, 0.6) is 0 Å². The van der Waals surface area contributed by atoms with Crippen LogP contribution >= 0.6 is 22.9 Å². The molecule has 37 heavy (non-hydrogen) atoms. The Balaban J connectivity index is 1.77. The summed E-state index contributed by atoms with van der Waals surface area (Å²) in [5.74, 6) is -0.485. The van der Waals surface area contributed by atoms with Crippen LogP contribution in [0.25, 0.3) is 17.0 Å². The first-order valence-corrected chi connectivity index (χ1v) is 13.2. The third kappa shape index (κ3) is 4.28. The quantitative estimate of drug-likeness (QED) is 0.262. The molecule has 2 aromatic carbocycles. The maximum Gasteiger partial charge on any atom is 0.338 e. The van der Waals surface area contributed by atoms with Gasteiger partial charge in [-0.15, -0.1) is 6.58 Å². The number of allylic oxidation sites excluding steroid dienone is 2. The molecule has 0 saturated heterocycles. The van der Waals surface area contributed by atoms with Crippen LogP contribution in [0.2, 0.25) is 5.02 Å². The number of carbonyl (C=O) groups is 1. The molecule has 0 aliphatic carbocycles. The molecule has 0 radical (unpaired) electrons. The highest BCUT2D eigenvalue weighted by Gasteiger charge is 2.33. The van der Waals surface area contributed by atoms with Crippen LogP contribution in [-0.2, 0) is 16.1 Å². The summed E-state index contributed by atoms with van der Waals surface area (Å²) in [6.45, 7) is 10.4. The summed E-state index contributed by atoms with van der Waals surface area (Å²) in [5, 5.41) is 1.63. The van der Waals surface area contributed by atoms with Crippen LogP contribution in [0, 0.1) is 6.92 Å². The lowest BCUT2D eigenvalue weighted by Crippen LogP contribution is -2.39. The third-order valence-electron chi connectivity index (χ3n) is 6.57. The van der Waals surface area contributed by atoms with Crippen molar-refractivity contribution in [2.75, 3.05) is 6.61 Å². The first-order chi connectivity index (χ1) is 17.8. The Labute approximate surface area is 223 Å². The van der Waals surface area contributed by atoms with Gasteiger partial charge >= 0.3 is 5.97 Å². The number of aromatic nitrogens is 2. The number of hydrogen-bond donors (Lipinski definition) is 0. The minimum absolute atomic E-state index is 0.210. The van der Waals surface area contributed by atoms with Gasteiger partial charge in [-0.05, 0) is 50.6 Å². The largest absolute Gasteiger partial charge is 0.463 e. The van der Waals surface area contributed by atoms with Crippen molar-refractivity contribution >= 4 is 45.9 Å². The van der Waals surface area contributed by atoms with Crippen LogP contribution < -0.4 is 14.9 Å². The molecule has 6 nitrogen and oxygen atoms in total. The Hall–Kier alpha value is -3.68. The normalized spacial score (nSPS) is 15.6. The number of thiazole rings is 1. The number of esters is 1. The zero-order valence-corrected chi connectivity index (χ0v) is 22.4. The minimum atomic E-state index is -0.669. The van der Waals surface area contributed by atoms with Crippen molar-refractivity contribution in [3.05, 3.63) is 114 Å².